The van der Waals surface area contributed by atoms with Crippen molar-refractivity contribution in [2.75, 3.05) is 48.6 Å². The fraction of sp³-hybridized carbons (Fsp3) is 1.00. The van der Waals surface area contributed by atoms with Crippen molar-refractivity contribution in [1.82, 2.24) is 4.90 Å². The smallest absolute Gasteiger partial charge is 0.120 e. The number of fused-ring (bicyclic) bond motifs is 2. The van der Waals surface area contributed by atoms with Gasteiger partial charge >= 0.3 is 0 Å². The summed E-state index contributed by atoms with van der Waals surface area (Å²) >= 11 is 0. The number of hydrogen-bond acceptors (Lipinski definition) is 9. The van der Waals surface area contributed by atoms with E-state index in [1.54, 1.807) is 21.3 Å². The summed E-state index contributed by atoms with van der Waals surface area (Å²) in [4.78, 5) is 2.31. The molecule has 1 aliphatic heterocycles. The Morgan fingerprint density at radius 2 is 1.70 bits per heavy atom. The summed E-state index contributed by atoms with van der Waals surface area (Å²) in [5, 5.41) is 47.3. The van der Waals surface area contributed by atoms with Crippen LogP contribution in [0.5, 0.6) is 0 Å². The topological polar surface area (TPSA) is 121 Å². The van der Waals surface area contributed by atoms with Crippen LogP contribution in [0, 0.1) is 34.5 Å². The van der Waals surface area contributed by atoms with Gasteiger partial charge in [0.1, 0.15) is 23.4 Å². The van der Waals surface area contributed by atoms with Crippen LogP contribution in [-0.4, -0.2) is 122 Å². The Hall–Kier alpha value is -0.360. The monoisotopic (exact) mass is 469 g/mol. The zero-order valence-electron chi connectivity index (χ0n) is 20.2. The van der Waals surface area contributed by atoms with Gasteiger partial charge in [0.2, 0.25) is 0 Å². The first-order chi connectivity index (χ1) is 15.6. The Labute approximate surface area is 194 Å². The van der Waals surface area contributed by atoms with E-state index in [-0.39, 0.29) is 41.9 Å². The van der Waals surface area contributed by atoms with E-state index < -0.39 is 46.8 Å². The van der Waals surface area contributed by atoms with E-state index in [4.69, 9.17) is 18.9 Å². The van der Waals surface area contributed by atoms with Crippen molar-refractivity contribution in [3.8, 4) is 0 Å². The van der Waals surface area contributed by atoms with Crippen LogP contribution in [0.15, 0.2) is 0 Å². The van der Waals surface area contributed by atoms with Crippen LogP contribution in [0.1, 0.15) is 19.3 Å². The number of ether oxygens (including phenoxy) is 4. The number of hydrogen-bond donors (Lipinski definition) is 4. The fourth-order valence-corrected chi connectivity index (χ4v) is 10.9. The van der Waals surface area contributed by atoms with Crippen LogP contribution in [0.3, 0.4) is 0 Å². The van der Waals surface area contributed by atoms with Gasteiger partial charge in [0.15, 0.2) is 0 Å². The molecule has 6 fully saturated rings. The van der Waals surface area contributed by atoms with Crippen LogP contribution in [0.25, 0.3) is 0 Å². The third-order valence-electron chi connectivity index (χ3n) is 11.3. The van der Waals surface area contributed by atoms with E-state index in [1.807, 2.05) is 0 Å². The second-order valence-corrected chi connectivity index (χ2v) is 11.9. The quantitative estimate of drug-likeness (QED) is 0.396. The van der Waals surface area contributed by atoms with E-state index in [1.165, 1.54) is 7.11 Å². The normalized spacial score (nSPS) is 63.2. The summed E-state index contributed by atoms with van der Waals surface area (Å²) in [6, 6.07) is -0.131. The average Bonchev–Trinajstić information content (AvgIpc) is 3.16. The Morgan fingerprint density at radius 1 is 0.970 bits per heavy atom. The number of rotatable bonds is 5. The van der Waals surface area contributed by atoms with Gasteiger partial charge in [-0.2, -0.15) is 0 Å². The molecule has 1 spiro atoms. The highest BCUT2D eigenvalue weighted by Crippen LogP contribution is 2.79. The van der Waals surface area contributed by atoms with Gasteiger partial charge in [0.05, 0.1) is 24.9 Å². The molecule has 0 radical (unpaired) electrons. The summed E-state index contributed by atoms with van der Waals surface area (Å²) in [6.07, 6.45) is -2.14. The van der Waals surface area contributed by atoms with Gasteiger partial charge in [0, 0.05) is 69.6 Å². The Kier molecular flexibility index (Phi) is 4.82. The molecule has 3 unspecified atom stereocenters. The SMILES string of the molecule is COC[C@@]12CC[C@H](OC)C34C(C([C@H](OC)[C@@H]31)[C@]1(O)[C@@H]3[C@H]4C[C@](O)([C@H]3O)[C@@H](OC)[C@@H]1O)N(C)C2. The van der Waals surface area contributed by atoms with Crippen molar-refractivity contribution in [1.29, 1.82) is 0 Å². The van der Waals surface area contributed by atoms with Gasteiger partial charge in [-0.1, -0.05) is 0 Å². The van der Waals surface area contributed by atoms with Gasteiger partial charge in [-0.3, -0.25) is 0 Å². The maximum Gasteiger partial charge on any atom is 0.120 e. The molecule has 0 amide bonds. The van der Waals surface area contributed by atoms with Crippen molar-refractivity contribution < 1.29 is 39.4 Å². The van der Waals surface area contributed by atoms with Gasteiger partial charge < -0.3 is 44.3 Å². The number of likely N-dealkylation sites (tertiary alicyclic amines) is 1. The summed E-state index contributed by atoms with van der Waals surface area (Å²) < 4.78 is 23.9. The lowest BCUT2D eigenvalue weighted by atomic mass is 9.43. The molecule has 5 aliphatic carbocycles. The van der Waals surface area contributed by atoms with Gasteiger partial charge in [-0.25, -0.2) is 0 Å². The van der Waals surface area contributed by atoms with Crippen LogP contribution < -0.4 is 0 Å². The zero-order valence-corrected chi connectivity index (χ0v) is 20.2. The molecule has 6 rings (SSSR count). The van der Waals surface area contributed by atoms with Gasteiger partial charge in [0.25, 0.3) is 0 Å². The summed E-state index contributed by atoms with van der Waals surface area (Å²) in [5.41, 5.74) is -3.98. The van der Waals surface area contributed by atoms with Gasteiger partial charge in [-0.05, 0) is 32.2 Å². The molecule has 33 heavy (non-hydrogen) atoms. The molecular weight excluding hydrogens is 430 g/mol. The molecule has 0 aromatic carbocycles. The summed E-state index contributed by atoms with van der Waals surface area (Å²) in [6.45, 7) is 1.36. The van der Waals surface area contributed by atoms with Crippen molar-refractivity contribution in [3.05, 3.63) is 0 Å². The molecule has 14 atom stereocenters. The number of piperidine rings is 1. The van der Waals surface area contributed by atoms with Crippen LogP contribution in [0.2, 0.25) is 0 Å². The first kappa shape index (κ1) is 23.1. The second-order valence-electron chi connectivity index (χ2n) is 11.9. The van der Waals surface area contributed by atoms with Crippen molar-refractivity contribution in [2.24, 2.45) is 34.5 Å². The van der Waals surface area contributed by atoms with E-state index in [9.17, 15) is 20.4 Å². The number of methoxy groups -OCH3 is 4. The van der Waals surface area contributed by atoms with E-state index >= 15 is 0 Å². The lowest BCUT2D eigenvalue weighted by Crippen LogP contribution is -2.79. The molecule has 0 aromatic heterocycles. The Bertz CT molecular complexity index is 830. The highest BCUT2D eigenvalue weighted by atomic mass is 16.5. The fourth-order valence-electron chi connectivity index (χ4n) is 10.9. The lowest BCUT2D eigenvalue weighted by Gasteiger charge is -2.69. The van der Waals surface area contributed by atoms with Crippen LogP contribution >= 0.6 is 0 Å². The minimum Gasteiger partial charge on any atom is -0.390 e. The molecule has 0 aromatic rings. The molecule has 1 saturated heterocycles. The first-order valence-corrected chi connectivity index (χ1v) is 12.2. The second kappa shape index (κ2) is 6.89. The molecule has 9 heteroatoms. The maximum absolute atomic E-state index is 12.5. The highest BCUT2D eigenvalue weighted by molar-refractivity contribution is 5.39. The molecule has 6 aliphatic rings. The summed E-state index contributed by atoms with van der Waals surface area (Å²) in [7, 11) is 8.66. The molecule has 9 nitrogen and oxygen atoms in total. The minimum absolute atomic E-state index is 0.00206. The highest BCUT2D eigenvalue weighted by Gasteiger charge is 2.89. The standard InChI is InChI=1S/C24H39NO8/c1-25-9-21(10-30-2)7-6-12(31-3)23-11-8-22(28)18(26)13(11)24(29,19(27)20(22)33-5)14(17(23)25)15(32-4)16(21)23/h11-20,26-29H,6-10H2,1-5H3/t11-,12+,13-,14?,15+,16-,17?,18+,19+,20+,21+,22+,23?,24-/m1/s1. The maximum atomic E-state index is 12.5. The molecular formula is C24H39NO8. The van der Waals surface area contributed by atoms with Gasteiger partial charge in [-0.15, -0.1) is 0 Å². The molecule has 5 saturated carbocycles. The Morgan fingerprint density at radius 3 is 2.30 bits per heavy atom. The van der Waals surface area contributed by atoms with Crippen molar-refractivity contribution in [3.63, 3.8) is 0 Å². The third kappa shape index (κ3) is 2.15. The minimum atomic E-state index is -1.67. The number of aliphatic hydroxyl groups is 4. The molecule has 1 heterocycles. The average molecular weight is 470 g/mol. The summed E-state index contributed by atoms with van der Waals surface area (Å²) in [5.74, 6) is -1.44. The molecule has 4 N–H and O–H groups in total. The third-order valence-corrected chi connectivity index (χ3v) is 11.3. The first-order valence-electron chi connectivity index (χ1n) is 12.2. The van der Waals surface area contributed by atoms with E-state index in [2.05, 4.69) is 11.9 Å². The molecule has 188 valence electrons. The zero-order chi connectivity index (χ0) is 23.7. The largest absolute Gasteiger partial charge is 0.390 e. The van der Waals surface area contributed by atoms with Crippen LogP contribution in [-0.2, 0) is 18.9 Å². The van der Waals surface area contributed by atoms with Crippen LogP contribution in [0.4, 0.5) is 0 Å². The molecule has 7 bridgehead atoms. The van der Waals surface area contributed by atoms with E-state index in [0.717, 1.165) is 19.4 Å². The lowest BCUT2D eigenvalue weighted by molar-refractivity contribution is -0.314. The predicted octanol–water partition coefficient (Wildman–Crippen LogP) is -1.15. The number of nitrogens with zero attached hydrogens (tertiary/aromatic N) is 1. The number of aliphatic hydroxyl groups excluding tert-OH is 2. The van der Waals surface area contributed by atoms with Crippen molar-refractivity contribution in [2.45, 2.75) is 67.0 Å². The Balaban J connectivity index is 1.66. The predicted molar refractivity (Wildman–Crippen MR) is 115 cm³/mol. The van der Waals surface area contributed by atoms with Crippen molar-refractivity contribution >= 4 is 0 Å². The van der Waals surface area contributed by atoms with E-state index in [0.29, 0.717) is 6.61 Å².